The first-order chi connectivity index (χ1) is 30.7. The minimum atomic E-state index is -0.361. The van der Waals surface area contributed by atoms with Crippen LogP contribution in [0.25, 0.3) is 82.8 Å². The molecule has 3 heterocycles. The van der Waals surface area contributed by atoms with Gasteiger partial charge >= 0.3 is 0 Å². The highest BCUT2D eigenvalue weighted by Crippen LogP contribution is 2.40. The Hall–Kier alpha value is -8.28. The number of benzene rings is 9. The van der Waals surface area contributed by atoms with Crippen molar-refractivity contribution >= 4 is 55.4 Å². The summed E-state index contributed by atoms with van der Waals surface area (Å²) in [4.78, 5) is 10.4. The van der Waals surface area contributed by atoms with Gasteiger partial charge in [0.15, 0.2) is 5.84 Å². The molecule has 1 unspecified atom stereocenters. The van der Waals surface area contributed by atoms with Crippen LogP contribution in [0.2, 0.25) is 0 Å². The molecular formula is C57H38N4O. The molecule has 11 aromatic rings. The SMILES string of the molecule is c1ccc(C2=NC(c3cccc(-c4ccccc4)c3)NC(c3cccc4oc5cc(-n6c7ccc(-c8ccccc8)cc7c7ccc(-c8ccccc8)cc76)ccc5c34)=N2)cc1. The normalized spacial score (nSPS) is 14.0. The molecule has 0 spiro atoms. The Labute approximate surface area is 358 Å². The average molecular weight is 795 g/mol. The lowest BCUT2D eigenvalue weighted by Gasteiger charge is -2.24. The van der Waals surface area contributed by atoms with E-state index in [2.05, 4.69) is 192 Å². The van der Waals surface area contributed by atoms with Gasteiger partial charge in [0.2, 0.25) is 0 Å². The van der Waals surface area contributed by atoms with E-state index in [9.17, 15) is 0 Å². The molecule has 0 amide bonds. The highest BCUT2D eigenvalue weighted by atomic mass is 16.3. The van der Waals surface area contributed by atoms with Gasteiger partial charge in [-0.15, -0.1) is 0 Å². The van der Waals surface area contributed by atoms with E-state index in [1.807, 2.05) is 36.4 Å². The molecule has 0 fully saturated rings. The second-order valence-corrected chi connectivity index (χ2v) is 15.8. The average Bonchev–Trinajstić information content (AvgIpc) is 3.89. The number of aliphatic imine (C=N–C) groups is 2. The van der Waals surface area contributed by atoms with Gasteiger partial charge in [0, 0.05) is 44.4 Å². The number of hydrogen-bond acceptors (Lipinski definition) is 4. The van der Waals surface area contributed by atoms with Crippen molar-refractivity contribution in [3.63, 3.8) is 0 Å². The van der Waals surface area contributed by atoms with Gasteiger partial charge in [0.1, 0.15) is 23.2 Å². The van der Waals surface area contributed by atoms with E-state index in [4.69, 9.17) is 14.4 Å². The van der Waals surface area contributed by atoms with Crippen LogP contribution in [-0.4, -0.2) is 16.2 Å². The van der Waals surface area contributed by atoms with E-state index >= 15 is 0 Å². The molecular weight excluding hydrogens is 757 g/mol. The first kappa shape index (κ1) is 35.6. The predicted octanol–water partition coefficient (Wildman–Crippen LogP) is 14.2. The number of rotatable bonds is 7. The maximum atomic E-state index is 6.78. The molecule has 292 valence electrons. The molecule has 0 saturated carbocycles. The van der Waals surface area contributed by atoms with Crippen LogP contribution in [0.1, 0.15) is 22.9 Å². The first-order valence-corrected chi connectivity index (χ1v) is 21.0. The van der Waals surface area contributed by atoms with E-state index in [1.165, 1.54) is 33.0 Å². The lowest BCUT2D eigenvalue weighted by atomic mass is 10.0. The van der Waals surface area contributed by atoms with Gasteiger partial charge in [-0.25, -0.2) is 9.98 Å². The lowest BCUT2D eigenvalue weighted by Crippen LogP contribution is -2.33. The van der Waals surface area contributed by atoms with E-state index in [1.54, 1.807) is 0 Å². The summed E-state index contributed by atoms with van der Waals surface area (Å²) in [5.74, 6) is 1.43. The van der Waals surface area contributed by atoms with Crippen molar-refractivity contribution in [3.05, 3.63) is 235 Å². The Kier molecular flexibility index (Phi) is 8.49. The maximum Gasteiger partial charge on any atom is 0.159 e. The third-order valence-corrected chi connectivity index (χ3v) is 12.1. The van der Waals surface area contributed by atoms with Crippen molar-refractivity contribution in [3.8, 4) is 39.1 Å². The fourth-order valence-corrected chi connectivity index (χ4v) is 9.06. The number of furan rings is 1. The molecule has 0 saturated heterocycles. The van der Waals surface area contributed by atoms with E-state index in [0.29, 0.717) is 5.84 Å². The van der Waals surface area contributed by atoms with Gasteiger partial charge in [0.25, 0.3) is 0 Å². The van der Waals surface area contributed by atoms with Crippen molar-refractivity contribution in [1.82, 2.24) is 9.88 Å². The minimum Gasteiger partial charge on any atom is -0.456 e. The summed E-state index contributed by atoms with van der Waals surface area (Å²) in [6.45, 7) is 0. The third kappa shape index (κ3) is 6.18. The van der Waals surface area contributed by atoms with E-state index in [0.717, 1.165) is 72.3 Å². The second kappa shape index (κ2) is 14.8. The first-order valence-electron chi connectivity index (χ1n) is 21.0. The van der Waals surface area contributed by atoms with Gasteiger partial charge in [0.05, 0.1) is 11.0 Å². The molecule has 62 heavy (non-hydrogen) atoms. The summed E-state index contributed by atoms with van der Waals surface area (Å²) in [5.41, 5.74) is 14.9. The summed E-state index contributed by atoms with van der Waals surface area (Å²) < 4.78 is 9.16. The summed E-state index contributed by atoms with van der Waals surface area (Å²) >= 11 is 0. The smallest absolute Gasteiger partial charge is 0.159 e. The summed E-state index contributed by atoms with van der Waals surface area (Å²) in [5, 5.41) is 8.17. The largest absolute Gasteiger partial charge is 0.456 e. The molecule has 5 heteroatoms. The Morgan fingerprint density at radius 2 is 1.02 bits per heavy atom. The van der Waals surface area contributed by atoms with Crippen LogP contribution < -0.4 is 5.32 Å². The zero-order chi connectivity index (χ0) is 41.0. The van der Waals surface area contributed by atoms with Gasteiger partial charge in [-0.2, -0.15) is 0 Å². The third-order valence-electron chi connectivity index (χ3n) is 12.1. The zero-order valence-electron chi connectivity index (χ0n) is 33.6. The molecule has 0 bridgehead atoms. The highest BCUT2D eigenvalue weighted by molar-refractivity contribution is 6.22. The monoisotopic (exact) mass is 794 g/mol. The van der Waals surface area contributed by atoms with E-state index in [-0.39, 0.29) is 6.17 Å². The molecule has 1 aliphatic heterocycles. The molecule has 1 atom stereocenters. The standard InChI is InChI=1S/C57H38N4O/c1-5-15-37(16-6-1)41-23-13-24-44(33-41)56-58-55(40-21-11-4-12-22-40)59-57(60-56)48-25-14-26-52-54(48)47-31-29-45(36-53(47)62-52)61-50-32-28-42(38-17-7-2-8-18-38)34-49(50)46-30-27-43(35-51(46)61)39-19-9-3-10-20-39/h1-36,56H,(H,58,59,60). The molecule has 1 aliphatic rings. The van der Waals surface area contributed by atoms with Crippen LogP contribution in [0.3, 0.4) is 0 Å². The van der Waals surface area contributed by atoms with Crippen LogP contribution in [0.4, 0.5) is 0 Å². The van der Waals surface area contributed by atoms with Crippen molar-refractivity contribution in [2.75, 3.05) is 0 Å². The Balaban J connectivity index is 1.00. The Morgan fingerprint density at radius 1 is 0.419 bits per heavy atom. The number of aromatic nitrogens is 1. The molecule has 0 aliphatic carbocycles. The summed E-state index contributed by atoms with van der Waals surface area (Å²) in [6.07, 6.45) is -0.361. The lowest BCUT2D eigenvalue weighted by molar-refractivity contribution is 0.667. The van der Waals surface area contributed by atoms with Crippen molar-refractivity contribution in [1.29, 1.82) is 0 Å². The van der Waals surface area contributed by atoms with Gasteiger partial charge < -0.3 is 14.3 Å². The maximum absolute atomic E-state index is 6.78. The van der Waals surface area contributed by atoms with Crippen molar-refractivity contribution in [2.24, 2.45) is 9.98 Å². The molecule has 5 nitrogen and oxygen atoms in total. The predicted molar refractivity (Wildman–Crippen MR) is 256 cm³/mol. The Morgan fingerprint density at radius 3 is 1.73 bits per heavy atom. The highest BCUT2D eigenvalue weighted by Gasteiger charge is 2.25. The van der Waals surface area contributed by atoms with Crippen molar-refractivity contribution in [2.45, 2.75) is 6.17 Å². The van der Waals surface area contributed by atoms with Gasteiger partial charge in [-0.3, -0.25) is 0 Å². The molecule has 0 radical (unpaired) electrons. The number of amidine groups is 2. The van der Waals surface area contributed by atoms with Gasteiger partial charge in [-0.1, -0.05) is 170 Å². The van der Waals surface area contributed by atoms with Crippen LogP contribution in [0.15, 0.2) is 233 Å². The van der Waals surface area contributed by atoms with Crippen molar-refractivity contribution < 1.29 is 4.42 Å². The topological polar surface area (TPSA) is 54.8 Å². The van der Waals surface area contributed by atoms with Crippen LogP contribution in [0, 0.1) is 0 Å². The number of hydrogen-bond donors (Lipinski definition) is 1. The minimum absolute atomic E-state index is 0.361. The fraction of sp³-hybridized carbons (Fsp3) is 0.0175. The molecule has 9 aromatic carbocycles. The van der Waals surface area contributed by atoms with Crippen LogP contribution in [-0.2, 0) is 0 Å². The second-order valence-electron chi connectivity index (χ2n) is 15.8. The van der Waals surface area contributed by atoms with Crippen LogP contribution in [0.5, 0.6) is 0 Å². The van der Waals surface area contributed by atoms with Crippen LogP contribution >= 0.6 is 0 Å². The number of nitrogens with zero attached hydrogens (tertiary/aromatic N) is 3. The molecule has 1 N–H and O–H groups in total. The fourth-order valence-electron chi connectivity index (χ4n) is 9.06. The molecule has 12 rings (SSSR count). The number of fused-ring (bicyclic) bond motifs is 6. The molecule has 2 aromatic heterocycles. The Bertz CT molecular complexity index is 3530. The summed E-state index contributed by atoms with van der Waals surface area (Å²) in [6, 6.07) is 77.0. The zero-order valence-corrected chi connectivity index (χ0v) is 33.6. The number of nitrogens with one attached hydrogen (secondary N) is 1. The summed E-state index contributed by atoms with van der Waals surface area (Å²) in [7, 11) is 0. The van der Waals surface area contributed by atoms with Gasteiger partial charge in [-0.05, 0) is 81.4 Å². The van der Waals surface area contributed by atoms with E-state index < -0.39 is 0 Å². The quantitative estimate of drug-likeness (QED) is 0.175.